The Kier molecular flexibility index (Phi) is 11.2. The number of benzene rings is 2. The van der Waals surface area contributed by atoms with E-state index in [4.69, 9.17) is 34.8 Å². The first-order valence-corrected chi connectivity index (χ1v) is 12.8. The molecule has 0 heterocycles. The van der Waals surface area contributed by atoms with Crippen molar-refractivity contribution in [1.82, 2.24) is 10.2 Å². The zero-order valence-corrected chi connectivity index (χ0v) is 21.6. The summed E-state index contributed by atoms with van der Waals surface area (Å²) in [6.45, 7) is 6.66. The van der Waals surface area contributed by atoms with Crippen LogP contribution in [-0.4, -0.2) is 35.1 Å². The third-order valence-corrected chi connectivity index (χ3v) is 6.94. The summed E-state index contributed by atoms with van der Waals surface area (Å²) in [5.41, 5.74) is 1.60. The maximum absolute atomic E-state index is 13.3. The number of hydrogen-bond donors (Lipinski definition) is 1. The van der Waals surface area contributed by atoms with Gasteiger partial charge >= 0.3 is 0 Å². The summed E-state index contributed by atoms with van der Waals surface area (Å²) in [7, 11) is 0. The van der Waals surface area contributed by atoms with E-state index in [9.17, 15) is 9.59 Å². The highest BCUT2D eigenvalue weighted by molar-refractivity contribution is 7.99. The van der Waals surface area contributed by atoms with Crippen molar-refractivity contribution < 1.29 is 9.59 Å². The van der Waals surface area contributed by atoms with Crippen molar-refractivity contribution in [2.75, 3.05) is 12.3 Å². The molecule has 174 valence electrons. The van der Waals surface area contributed by atoms with Crippen LogP contribution < -0.4 is 5.32 Å². The lowest BCUT2D eigenvalue weighted by atomic mass is 10.1. The molecule has 0 fully saturated rings. The van der Waals surface area contributed by atoms with E-state index in [1.807, 2.05) is 45.0 Å². The van der Waals surface area contributed by atoms with Crippen LogP contribution in [0.3, 0.4) is 0 Å². The minimum absolute atomic E-state index is 0.149. The highest BCUT2D eigenvalue weighted by Gasteiger charge is 2.29. The molecule has 0 aliphatic heterocycles. The lowest BCUT2D eigenvalue weighted by molar-refractivity contribution is -0.139. The minimum Gasteiger partial charge on any atom is -0.354 e. The Morgan fingerprint density at radius 1 is 1.00 bits per heavy atom. The van der Waals surface area contributed by atoms with Gasteiger partial charge in [-0.05, 0) is 36.1 Å². The average Bonchev–Trinajstić information content (AvgIpc) is 2.75. The molecule has 0 bridgehead atoms. The van der Waals surface area contributed by atoms with Gasteiger partial charge in [0.2, 0.25) is 11.8 Å². The summed E-state index contributed by atoms with van der Waals surface area (Å²) in [5.74, 6) is 0.798. The molecule has 0 radical (unpaired) electrons. The molecule has 32 heavy (non-hydrogen) atoms. The molecule has 0 spiro atoms. The first kappa shape index (κ1) is 26.8. The molecule has 0 aliphatic carbocycles. The third kappa shape index (κ3) is 7.87. The first-order valence-electron chi connectivity index (χ1n) is 10.6. The molecule has 2 rings (SSSR count). The van der Waals surface area contributed by atoms with Crippen molar-refractivity contribution in [3.63, 3.8) is 0 Å². The number of hydrogen-bond acceptors (Lipinski definition) is 3. The lowest BCUT2D eigenvalue weighted by Crippen LogP contribution is -2.50. The van der Waals surface area contributed by atoms with E-state index < -0.39 is 6.04 Å². The zero-order chi connectivity index (χ0) is 23.7. The predicted molar refractivity (Wildman–Crippen MR) is 137 cm³/mol. The fraction of sp³-hybridized carbons (Fsp3) is 0.417. The van der Waals surface area contributed by atoms with Gasteiger partial charge in [0, 0.05) is 39.5 Å². The van der Waals surface area contributed by atoms with Gasteiger partial charge in [0.1, 0.15) is 6.04 Å². The number of nitrogens with one attached hydrogen (secondary N) is 1. The lowest BCUT2D eigenvalue weighted by Gasteiger charge is -2.31. The first-order chi connectivity index (χ1) is 15.2. The maximum atomic E-state index is 13.3. The van der Waals surface area contributed by atoms with Gasteiger partial charge in [-0.15, -0.1) is 11.8 Å². The molecular weight excluding hydrogens is 487 g/mol. The Bertz CT molecular complexity index is 904. The molecule has 0 saturated heterocycles. The summed E-state index contributed by atoms with van der Waals surface area (Å²) >= 11 is 20.4. The number of halogens is 3. The summed E-state index contributed by atoms with van der Waals surface area (Å²) in [4.78, 5) is 27.8. The van der Waals surface area contributed by atoms with E-state index in [0.29, 0.717) is 45.3 Å². The second kappa shape index (κ2) is 13.3. The topological polar surface area (TPSA) is 49.4 Å². The average molecular weight is 516 g/mol. The van der Waals surface area contributed by atoms with Crippen molar-refractivity contribution in [1.29, 1.82) is 0 Å². The second-order valence-corrected chi connectivity index (χ2v) is 10.1. The van der Waals surface area contributed by atoms with Gasteiger partial charge in [0.15, 0.2) is 0 Å². The van der Waals surface area contributed by atoms with Gasteiger partial charge in [0.05, 0.1) is 5.75 Å². The number of carbonyl (C=O) groups is 2. The van der Waals surface area contributed by atoms with E-state index >= 15 is 0 Å². The van der Waals surface area contributed by atoms with Crippen LogP contribution in [0.2, 0.25) is 15.1 Å². The third-order valence-electron chi connectivity index (χ3n) is 4.90. The van der Waals surface area contributed by atoms with Crippen molar-refractivity contribution in [2.45, 2.75) is 45.5 Å². The molecule has 0 unspecified atom stereocenters. The highest BCUT2D eigenvalue weighted by atomic mass is 35.5. The molecule has 4 nitrogen and oxygen atoms in total. The van der Waals surface area contributed by atoms with Crippen LogP contribution in [0.25, 0.3) is 0 Å². The Balaban J connectivity index is 2.20. The number of rotatable bonds is 11. The van der Waals surface area contributed by atoms with Crippen LogP contribution >= 0.6 is 46.6 Å². The number of amides is 2. The normalized spacial score (nSPS) is 12.0. The van der Waals surface area contributed by atoms with Crippen molar-refractivity contribution in [3.8, 4) is 0 Å². The monoisotopic (exact) mass is 514 g/mol. The van der Waals surface area contributed by atoms with E-state index in [-0.39, 0.29) is 24.1 Å². The van der Waals surface area contributed by atoms with E-state index in [1.54, 1.807) is 23.1 Å². The fourth-order valence-corrected chi connectivity index (χ4v) is 4.86. The second-order valence-electron chi connectivity index (χ2n) is 7.87. The molecule has 0 saturated carbocycles. The molecule has 0 aromatic heterocycles. The van der Waals surface area contributed by atoms with Gasteiger partial charge in [-0.3, -0.25) is 9.59 Å². The van der Waals surface area contributed by atoms with Crippen LogP contribution in [0.4, 0.5) is 0 Å². The van der Waals surface area contributed by atoms with Gasteiger partial charge in [-0.2, -0.15) is 0 Å². The summed E-state index contributed by atoms with van der Waals surface area (Å²) in [6, 6.07) is 12.2. The minimum atomic E-state index is -0.616. The van der Waals surface area contributed by atoms with Gasteiger partial charge in [0.25, 0.3) is 0 Å². The Hall–Kier alpha value is -1.40. The summed E-state index contributed by atoms with van der Waals surface area (Å²) < 4.78 is 0. The molecule has 2 aromatic carbocycles. The van der Waals surface area contributed by atoms with E-state index in [1.165, 1.54) is 11.8 Å². The number of thioether (sulfide) groups is 1. The molecule has 2 aromatic rings. The van der Waals surface area contributed by atoms with Crippen LogP contribution in [0.1, 0.15) is 38.3 Å². The number of nitrogens with zero attached hydrogens (tertiary/aromatic N) is 1. The molecule has 1 atom stereocenters. The van der Waals surface area contributed by atoms with Crippen molar-refractivity contribution in [3.05, 3.63) is 68.7 Å². The predicted octanol–water partition coefficient (Wildman–Crippen LogP) is 6.46. The van der Waals surface area contributed by atoms with Crippen LogP contribution in [-0.2, 0) is 21.9 Å². The quantitative estimate of drug-likeness (QED) is 0.373. The molecule has 0 aliphatic rings. The Labute approximate surface area is 210 Å². The molecule has 8 heteroatoms. The fourth-order valence-electron chi connectivity index (χ4n) is 3.14. The van der Waals surface area contributed by atoms with Gasteiger partial charge in [-0.25, -0.2) is 0 Å². The van der Waals surface area contributed by atoms with E-state index in [0.717, 1.165) is 5.56 Å². The Morgan fingerprint density at radius 3 is 2.22 bits per heavy atom. The van der Waals surface area contributed by atoms with Crippen LogP contribution in [0, 0.1) is 5.92 Å². The van der Waals surface area contributed by atoms with Crippen LogP contribution in [0.15, 0.2) is 42.5 Å². The highest BCUT2D eigenvalue weighted by Crippen LogP contribution is 2.28. The molecule has 1 N–H and O–H groups in total. The molecule has 2 amide bonds. The standard InChI is InChI=1S/C24H29Cl3N2O2S/c1-4-22(24(31)28-12-16(2)3)29(13-18-20(26)10-7-11-21(18)27)23(30)15-32-14-17-8-5-6-9-19(17)25/h5-11,16,22H,4,12-15H2,1-3H3,(H,28,31)/t22-/m1/s1. The van der Waals surface area contributed by atoms with Crippen LogP contribution in [0.5, 0.6) is 0 Å². The van der Waals surface area contributed by atoms with Gasteiger partial charge in [-0.1, -0.05) is 79.8 Å². The number of carbonyl (C=O) groups excluding carboxylic acids is 2. The SMILES string of the molecule is CC[C@H](C(=O)NCC(C)C)N(Cc1c(Cl)cccc1Cl)C(=O)CSCc1ccccc1Cl. The summed E-state index contributed by atoms with van der Waals surface area (Å²) in [5, 5.41) is 4.56. The zero-order valence-electron chi connectivity index (χ0n) is 18.5. The largest absolute Gasteiger partial charge is 0.354 e. The smallest absolute Gasteiger partial charge is 0.242 e. The van der Waals surface area contributed by atoms with E-state index in [2.05, 4.69) is 5.32 Å². The van der Waals surface area contributed by atoms with Crippen molar-refractivity contribution in [2.24, 2.45) is 5.92 Å². The Morgan fingerprint density at radius 2 is 1.62 bits per heavy atom. The maximum Gasteiger partial charge on any atom is 0.242 e. The van der Waals surface area contributed by atoms with Crippen molar-refractivity contribution >= 4 is 58.4 Å². The van der Waals surface area contributed by atoms with Gasteiger partial charge < -0.3 is 10.2 Å². The molecular formula is C24H29Cl3N2O2S. The summed E-state index contributed by atoms with van der Waals surface area (Å²) in [6.07, 6.45) is 0.479.